The fraction of sp³-hybridized carbons (Fsp3) is 0.571. The molecule has 100 valence electrons. The van der Waals surface area contributed by atoms with Gasteiger partial charge in [-0.3, -0.25) is 0 Å². The molecule has 1 fully saturated rings. The minimum atomic E-state index is -0.211. The number of ether oxygens (including phenoxy) is 1. The van der Waals surface area contributed by atoms with Gasteiger partial charge in [0.2, 0.25) is 0 Å². The van der Waals surface area contributed by atoms with Gasteiger partial charge in [0.05, 0.1) is 0 Å². The van der Waals surface area contributed by atoms with Gasteiger partial charge in [0.1, 0.15) is 5.82 Å². The van der Waals surface area contributed by atoms with E-state index in [9.17, 15) is 4.39 Å². The van der Waals surface area contributed by atoms with Crippen LogP contribution in [0.15, 0.2) is 18.2 Å². The average molecular weight is 272 g/mol. The predicted molar refractivity (Wildman–Crippen MR) is 71.3 cm³/mol. The van der Waals surface area contributed by atoms with Crippen molar-refractivity contribution in [2.24, 2.45) is 5.92 Å². The molecule has 0 saturated heterocycles. The maximum atomic E-state index is 13.4. The molecule has 0 atom stereocenters. The highest BCUT2D eigenvalue weighted by atomic mass is 35.5. The molecule has 0 radical (unpaired) electrons. The van der Waals surface area contributed by atoms with Crippen LogP contribution >= 0.6 is 11.6 Å². The van der Waals surface area contributed by atoms with Crippen molar-refractivity contribution in [1.82, 2.24) is 5.32 Å². The number of hydrogen-bond donors (Lipinski definition) is 1. The van der Waals surface area contributed by atoms with E-state index in [1.165, 1.54) is 18.9 Å². The Balaban J connectivity index is 1.55. The summed E-state index contributed by atoms with van der Waals surface area (Å²) in [6.45, 7) is 3.02. The number of nitrogens with one attached hydrogen (secondary N) is 1. The summed E-state index contributed by atoms with van der Waals surface area (Å²) < 4.78 is 18.9. The van der Waals surface area contributed by atoms with E-state index in [0.29, 0.717) is 17.1 Å². The van der Waals surface area contributed by atoms with Crippen LogP contribution in [-0.2, 0) is 11.3 Å². The van der Waals surface area contributed by atoms with Crippen molar-refractivity contribution < 1.29 is 9.13 Å². The molecule has 0 heterocycles. The lowest BCUT2D eigenvalue weighted by atomic mass is 10.2. The molecule has 1 saturated carbocycles. The first-order chi connectivity index (χ1) is 8.75. The average Bonchev–Trinajstić information content (AvgIpc) is 3.16. The third kappa shape index (κ3) is 4.92. The highest BCUT2D eigenvalue weighted by Gasteiger charge is 2.20. The van der Waals surface area contributed by atoms with E-state index in [-0.39, 0.29) is 5.82 Å². The van der Waals surface area contributed by atoms with Crippen LogP contribution in [0.4, 0.5) is 4.39 Å². The van der Waals surface area contributed by atoms with Crippen LogP contribution in [-0.4, -0.2) is 19.8 Å². The summed E-state index contributed by atoms with van der Waals surface area (Å²) in [6.07, 6.45) is 3.60. The lowest BCUT2D eigenvalue weighted by Crippen LogP contribution is -2.17. The largest absolute Gasteiger partial charge is 0.381 e. The number of hydrogen-bond acceptors (Lipinski definition) is 2. The standard InChI is InChI=1S/C14H19ClFNO/c15-13-4-5-14(16)12(8-13)9-17-6-1-7-18-10-11-2-3-11/h4-5,8,11,17H,1-3,6-7,9-10H2. The van der Waals surface area contributed by atoms with Gasteiger partial charge >= 0.3 is 0 Å². The van der Waals surface area contributed by atoms with E-state index < -0.39 is 0 Å². The second-order valence-electron chi connectivity index (χ2n) is 4.78. The monoisotopic (exact) mass is 271 g/mol. The lowest BCUT2D eigenvalue weighted by molar-refractivity contribution is 0.122. The van der Waals surface area contributed by atoms with Crippen molar-refractivity contribution in [2.75, 3.05) is 19.8 Å². The summed E-state index contributed by atoms with van der Waals surface area (Å²) >= 11 is 5.82. The van der Waals surface area contributed by atoms with E-state index >= 15 is 0 Å². The summed E-state index contributed by atoms with van der Waals surface area (Å²) in [7, 11) is 0. The van der Waals surface area contributed by atoms with Crippen molar-refractivity contribution in [3.8, 4) is 0 Å². The molecular weight excluding hydrogens is 253 g/mol. The molecule has 18 heavy (non-hydrogen) atoms. The second kappa shape index (κ2) is 7.07. The Labute approximate surface area is 112 Å². The second-order valence-corrected chi connectivity index (χ2v) is 5.22. The summed E-state index contributed by atoms with van der Waals surface area (Å²) in [6, 6.07) is 4.62. The third-order valence-electron chi connectivity index (χ3n) is 3.02. The van der Waals surface area contributed by atoms with Gasteiger partial charge in [-0.05, 0) is 49.9 Å². The Morgan fingerprint density at radius 1 is 1.39 bits per heavy atom. The third-order valence-corrected chi connectivity index (χ3v) is 3.25. The van der Waals surface area contributed by atoms with Gasteiger partial charge in [-0.15, -0.1) is 0 Å². The molecule has 1 aromatic rings. The van der Waals surface area contributed by atoms with E-state index in [1.807, 2.05) is 0 Å². The van der Waals surface area contributed by atoms with Gasteiger partial charge in [0, 0.05) is 30.3 Å². The Hall–Kier alpha value is -0.640. The molecule has 1 aliphatic rings. The fourth-order valence-electron chi connectivity index (χ4n) is 1.74. The van der Waals surface area contributed by atoms with Crippen molar-refractivity contribution in [1.29, 1.82) is 0 Å². The minimum Gasteiger partial charge on any atom is -0.381 e. The first-order valence-electron chi connectivity index (χ1n) is 6.48. The molecule has 0 amide bonds. The molecule has 0 spiro atoms. The Morgan fingerprint density at radius 2 is 2.22 bits per heavy atom. The predicted octanol–water partition coefficient (Wildman–Crippen LogP) is 3.39. The SMILES string of the molecule is Fc1ccc(Cl)cc1CNCCCOCC1CC1. The molecule has 0 bridgehead atoms. The minimum absolute atomic E-state index is 0.211. The zero-order chi connectivity index (χ0) is 12.8. The van der Waals surface area contributed by atoms with Crippen LogP contribution < -0.4 is 5.32 Å². The highest BCUT2D eigenvalue weighted by molar-refractivity contribution is 6.30. The molecule has 1 aliphatic carbocycles. The number of rotatable bonds is 8. The van der Waals surface area contributed by atoms with Gasteiger partial charge in [-0.1, -0.05) is 11.6 Å². The van der Waals surface area contributed by atoms with Crippen LogP contribution in [0, 0.1) is 11.7 Å². The first kappa shape index (κ1) is 13.8. The van der Waals surface area contributed by atoms with Crippen LogP contribution in [0.1, 0.15) is 24.8 Å². The van der Waals surface area contributed by atoms with Crippen LogP contribution in [0.2, 0.25) is 5.02 Å². The van der Waals surface area contributed by atoms with Crippen molar-refractivity contribution >= 4 is 11.6 Å². The van der Waals surface area contributed by atoms with Crippen LogP contribution in [0.5, 0.6) is 0 Å². The normalized spacial score (nSPS) is 15.0. The molecule has 1 aromatic carbocycles. The van der Waals surface area contributed by atoms with Crippen molar-refractivity contribution in [2.45, 2.75) is 25.8 Å². The van der Waals surface area contributed by atoms with Gasteiger partial charge < -0.3 is 10.1 Å². The summed E-state index contributed by atoms with van der Waals surface area (Å²) in [5, 5.41) is 3.77. The van der Waals surface area contributed by atoms with E-state index in [1.54, 1.807) is 12.1 Å². The number of benzene rings is 1. The van der Waals surface area contributed by atoms with Crippen molar-refractivity contribution in [3.63, 3.8) is 0 Å². The molecule has 0 aliphatic heterocycles. The molecule has 2 rings (SSSR count). The maximum absolute atomic E-state index is 13.4. The molecule has 2 nitrogen and oxygen atoms in total. The summed E-state index contributed by atoms with van der Waals surface area (Å²) in [5.41, 5.74) is 0.612. The van der Waals surface area contributed by atoms with E-state index in [2.05, 4.69) is 5.32 Å². The van der Waals surface area contributed by atoms with Gasteiger partial charge in [0.15, 0.2) is 0 Å². The van der Waals surface area contributed by atoms with Gasteiger partial charge in [-0.25, -0.2) is 4.39 Å². The van der Waals surface area contributed by atoms with Crippen molar-refractivity contribution in [3.05, 3.63) is 34.6 Å². The first-order valence-corrected chi connectivity index (χ1v) is 6.86. The Kier molecular flexibility index (Phi) is 5.42. The smallest absolute Gasteiger partial charge is 0.127 e. The number of halogens is 2. The zero-order valence-electron chi connectivity index (χ0n) is 10.4. The zero-order valence-corrected chi connectivity index (χ0v) is 11.2. The summed E-state index contributed by atoms with van der Waals surface area (Å²) in [4.78, 5) is 0. The van der Waals surface area contributed by atoms with E-state index in [0.717, 1.165) is 32.1 Å². The molecule has 0 unspecified atom stereocenters. The Bertz CT molecular complexity index is 382. The van der Waals surface area contributed by atoms with Crippen LogP contribution in [0.3, 0.4) is 0 Å². The van der Waals surface area contributed by atoms with Crippen LogP contribution in [0.25, 0.3) is 0 Å². The quantitative estimate of drug-likeness (QED) is 0.732. The highest BCUT2D eigenvalue weighted by Crippen LogP contribution is 2.28. The maximum Gasteiger partial charge on any atom is 0.127 e. The Morgan fingerprint density at radius 3 is 3.00 bits per heavy atom. The molecular formula is C14H19ClFNO. The molecule has 4 heteroatoms. The van der Waals surface area contributed by atoms with Gasteiger partial charge in [0.25, 0.3) is 0 Å². The molecule has 0 aromatic heterocycles. The lowest BCUT2D eigenvalue weighted by Gasteiger charge is -2.07. The van der Waals surface area contributed by atoms with Gasteiger partial charge in [-0.2, -0.15) is 0 Å². The summed E-state index contributed by atoms with van der Waals surface area (Å²) in [5.74, 6) is 0.607. The van der Waals surface area contributed by atoms with E-state index in [4.69, 9.17) is 16.3 Å². The topological polar surface area (TPSA) is 21.3 Å². The fourth-order valence-corrected chi connectivity index (χ4v) is 1.93. The molecule has 1 N–H and O–H groups in total.